The molecule has 0 bridgehead atoms. The Kier molecular flexibility index (Phi) is 2.12. The molecule has 1 fully saturated rings. The first-order valence-electron chi connectivity index (χ1n) is 4.99. The molecular weight excluding hydrogens is 158 g/mol. The van der Waals surface area contributed by atoms with E-state index in [0.717, 1.165) is 0 Å². The number of aryl methyl sites for hydroxylation is 1. The van der Waals surface area contributed by atoms with Gasteiger partial charge in [-0.3, -0.25) is 0 Å². The fraction of sp³-hybridized carbons (Fsp3) is 0.500. The maximum absolute atomic E-state index is 3.42. The third-order valence-corrected chi connectivity index (χ3v) is 3.05. The molecule has 0 amide bonds. The van der Waals surface area contributed by atoms with Crippen LogP contribution in [0.4, 0.5) is 0 Å². The maximum atomic E-state index is 3.42. The third-order valence-electron chi connectivity index (χ3n) is 3.05. The van der Waals surface area contributed by atoms with Gasteiger partial charge in [-0.2, -0.15) is 0 Å². The summed E-state index contributed by atoms with van der Waals surface area (Å²) in [5.74, 6) is 0. The fourth-order valence-corrected chi connectivity index (χ4v) is 1.76. The normalized spacial score (nSPS) is 18.6. The molecule has 0 aromatic heterocycles. The minimum absolute atomic E-state index is 0.440. The molecule has 0 radical (unpaired) electrons. The van der Waals surface area contributed by atoms with Gasteiger partial charge in [0.2, 0.25) is 0 Å². The van der Waals surface area contributed by atoms with Crippen LogP contribution >= 0.6 is 0 Å². The molecule has 1 aliphatic carbocycles. The van der Waals surface area contributed by atoms with Crippen LogP contribution in [-0.4, -0.2) is 12.6 Å². The average molecular weight is 175 g/mol. The van der Waals surface area contributed by atoms with Gasteiger partial charge in [-0.05, 0) is 38.8 Å². The average Bonchev–Trinajstić information content (AvgIpc) is 2.90. The molecule has 1 nitrogen and oxygen atoms in total. The van der Waals surface area contributed by atoms with Crippen LogP contribution in [0.1, 0.15) is 24.0 Å². The predicted molar refractivity (Wildman–Crippen MR) is 55.9 cm³/mol. The summed E-state index contributed by atoms with van der Waals surface area (Å²) in [6.45, 7) is 2.13. The number of rotatable bonds is 3. The molecule has 1 N–H and O–H groups in total. The largest absolute Gasteiger partial charge is 0.314 e. The molecule has 13 heavy (non-hydrogen) atoms. The summed E-state index contributed by atoms with van der Waals surface area (Å²) < 4.78 is 0. The van der Waals surface area contributed by atoms with Gasteiger partial charge >= 0.3 is 0 Å². The number of benzene rings is 1. The first kappa shape index (κ1) is 8.76. The predicted octanol–water partition coefficient (Wildman–Crippen LogP) is 2.29. The molecule has 1 aliphatic rings. The molecule has 1 heteroatoms. The monoisotopic (exact) mass is 175 g/mol. The Balaban J connectivity index is 2.06. The van der Waals surface area contributed by atoms with E-state index in [9.17, 15) is 0 Å². The lowest BCUT2D eigenvalue weighted by molar-refractivity contribution is 0.548. The topological polar surface area (TPSA) is 12.0 Å². The SMILES string of the molecule is CNC1(Cc2ccc(C)cc2)CC1. The van der Waals surface area contributed by atoms with Crippen LogP contribution in [0.2, 0.25) is 0 Å². The summed E-state index contributed by atoms with van der Waals surface area (Å²) in [5.41, 5.74) is 3.24. The van der Waals surface area contributed by atoms with Crippen LogP contribution < -0.4 is 5.32 Å². The van der Waals surface area contributed by atoms with Crippen molar-refractivity contribution in [2.75, 3.05) is 7.05 Å². The van der Waals surface area contributed by atoms with Crippen molar-refractivity contribution in [1.82, 2.24) is 5.32 Å². The smallest absolute Gasteiger partial charge is 0.0220 e. The van der Waals surface area contributed by atoms with Crippen molar-refractivity contribution < 1.29 is 0 Å². The van der Waals surface area contributed by atoms with Crippen molar-refractivity contribution in [3.8, 4) is 0 Å². The Labute approximate surface area is 80.2 Å². The Hall–Kier alpha value is -0.820. The van der Waals surface area contributed by atoms with Gasteiger partial charge in [0.25, 0.3) is 0 Å². The highest BCUT2D eigenvalue weighted by Crippen LogP contribution is 2.37. The summed E-state index contributed by atoms with van der Waals surface area (Å²) in [6, 6.07) is 8.88. The van der Waals surface area contributed by atoms with Crippen molar-refractivity contribution in [3.63, 3.8) is 0 Å². The highest BCUT2D eigenvalue weighted by atomic mass is 15.0. The van der Waals surface area contributed by atoms with Crippen molar-refractivity contribution >= 4 is 0 Å². The zero-order valence-electron chi connectivity index (χ0n) is 8.43. The van der Waals surface area contributed by atoms with Crippen molar-refractivity contribution in [1.29, 1.82) is 0 Å². The van der Waals surface area contributed by atoms with E-state index >= 15 is 0 Å². The van der Waals surface area contributed by atoms with Gasteiger partial charge in [-0.1, -0.05) is 29.8 Å². The van der Waals surface area contributed by atoms with E-state index in [2.05, 4.69) is 43.6 Å². The second kappa shape index (κ2) is 3.15. The molecule has 1 aromatic rings. The minimum Gasteiger partial charge on any atom is -0.314 e. The van der Waals surface area contributed by atoms with E-state index in [1.54, 1.807) is 0 Å². The van der Waals surface area contributed by atoms with Crippen LogP contribution in [0, 0.1) is 6.92 Å². The molecule has 0 heterocycles. The van der Waals surface area contributed by atoms with Gasteiger partial charge in [0.05, 0.1) is 0 Å². The zero-order valence-corrected chi connectivity index (χ0v) is 8.43. The lowest BCUT2D eigenvalue weighted by Crippen LogP contribution is -2.29. The van der Waals surface area contributed by atoms with E-state index in [1.807, 2.05) is 0 Å². The Morgan fingerprint density at radius 1 is 1.23 bits per heavy atom. The fourth-order valence-electron chi connectivity index (χ4n) is 1.76. The number of hydrogen-bond acceptors (Lipinski definition) is 1. The standard InChI is InChI=1S/C12H17N/c1-10-3-5-11(6-4-10)9-12(13-2)7-8-12/h3-6,13H,7-9H2,1-2H3. The van der Waals surface area contributed by atoms with Gasteiger partial charge in [0, 0.05) is 5.54 Å². The van der Waals surface area contributed by atoms with Gasteiger partial charge in [-0.25, -0.2) is 0 Å². The number of likely N-dealkylation sites (N-methyl/N-ethyl adjacent to an activating group) is 1. The van der Waals surface area contributed by atoms with E-state index < -0.39 is 0 Å². The van der Waals surface area contributed by atoms with Crippen LogP contribution in [0.15, 0.2) is 24.3 Å². The second-order valence-electron chi connectivity index (χ2n) is 4.19. The number of nitrogens with one attached hydrogen (secondary N) is 1. The van der Waals surface area contributed by atoms with E-state index in [4.69, 9.17) is 0 Å². The minimum atomic E-state index is 0.440. The van der Waals surface area contributed by atoms with Crippen molar-refractivity contribution in [2.24, 2.45) is 0 Å². The van der Waals surface area contributed by atoms with Crippen LogP contribution in [0.5, 0.6) is 0 Å². The molecular formula is C12H17N. The highest BCUT2D eigenvalue weighted by Gasteiger charge is 2.40. The molecule has 1 saturated carbocycles. The quantitative estimate of drug-likeness (QED) is 0.743. The van der Waals surface area contributed by atoms with Crippen LogP contribution in [-0.2, 0) is 6.42 Å². The summed E-state index contributed by atoms with van der Waals surface area (Å²) >= 11 is 0. The lowest BCUT2D eigenvalue weighted by Gasteiger charge is -2.13. The first-order chi connectivity index (χ1) is 6.24. The van der Waals surface area contributed by atoms with Gasteiger partial charge in [0.15, 0.2) is 0 Å². The zero-order chi connectivity index (χ0) is 9.31. The van der Waals surface area contributed by atoms with Crippen LogP contribution in [0.25, 0.3) is 0 Å². The molecule has 0 atom stereocenters. The lowest BCUT2D eigenvalue weighted by atomic mass is 10.0. The Bertz CT molecular complexity index is 282. The molecule has 0 aliphatic heterocycles. The maximum Gasteiger partial charge on any atom is 0.0220 e. The third kappa shape index (κ3) is 1.92. The molecule has 1 aromatic carbocycles. The van der Waals surface area contributed by atoms with Crippen LogP contribution in [0.3, 0.4) is 0 Å². The Morgan fingerprint density at radius 3 is 2.31 bits per heavy atom. The van der Waals surface area contributed by atoms with Crippen molar-refractivity contribution in [2.45, 2.75) is 31.7 Å². The van der Waals surface area contributed by atoms with Gasteiger partial charge < -0.3 is 5.32 Å². The van der Waals surface area contributed by atoms with E-state index in [0.29, 0.717) is 5.54 Å². The van der Waals surface area contributed by atoms with E-state index in [-0.39, 0.29) is 0 Å². The summed E-state index contributed by atoms with van der Waals surface area (Å²) in [4.78, 5) is 0. The molecule has 0 spiro atoms. The van der Waals surface area contributed by atoms with Gasteiger partial charge in [0.1, 0.15) is 0 Å². The highest BCUT2D eigenvalue weighted by molar-refractivity contribution is 5.25. The second-order valence-corrected chi connectivity index (χ2v) is 4.19. The summed E-state index contributed by atoms with van der Waals surface area (Å²) in [5, 5.41) is 3.42. The van der Waals surface area contributed by atoms with Gasteiger partial charge in [-0.15, -0.1) is 0 Å². The number of hydrogen-bond donors (Lipinski definition) is 1. The molecule has 0 saturated heterocycles. The summed E-state index contributed by atoms with van der Waals surface area (Å²) in [6.07, 6.45) is 3.85. The van der Waals surface area contributed by atoms with Crippen molar-refractivity contribution in [3.05, 3.63) is 35.4 Å². The summed E-state index contributed by atoms with van der Waals surface area (Å²) in [7, 11) is 2.07. The van der Waals surface area contributed by atoms with E-state index in [1.165, 1.54) is 30.4 Å². The molecule has 0 unspecified atom stereocenters. The molecule has 70 valence electrons. The first-order valence-corrected chi connectivity index (χ1v) is 4.99. The Morgan fingerprint density at radius 2 is 1.85 bits per heavy atom. The molecule has 2 rings (SSSR count).